The number of hydrogen-bond donors (Lipinski definition) is 1. The molecule has 0 atom stereocenters. The first-order valence-corrected chi connectivity index (χ1v) is 6.78. The predicted molar refractivity (Wildman–Crippen MR) is 75.1 cm³/mol. The fraction of sp³-hybridized carbons (Fsp3) is 0.400. The van der Waals surface area contributed by atoms with Crippen LogP contribution in [0.15, 0.2) is 35.1 Å². The van der Waals surface area contributed by atoms with Gasteiger partial charge in [-0.1, -0.05) is 43.7 Å². The van der Waals surface area contributed by atoms with Crippen molar-refractivity contribution < 1.29 is 0 Å². The Morgan fingerprint density at radius 1 is 1.05 bits per heavy atom. The van der Waals surface area contributed by atoms with E-state index in [2.05, 4.69) is 34.2 Å². The minimum Gasteiger partial charge on any atom is -0.307 e. The number of rotatable bonds is 6. The van der Waals surface area contributed by atoms with Gasteiger partial charge in [0.2, 0.25) is 0 Å². The lowest BCUT2D eigenvalue weighted by Crippen LogP contribution is -2.19. The summed E-state index contributed by atoms with van der Waals surface area (Å²) >= 11 is 0. The van der Waals surface area contributed by atoms with E-state index in [1.54, 1.807) is 0 Å². The molecule has 0 fully saturated rings. The Hall–Kier alpha value is -1.97. The zero-order valence-corrected chi connectivity index (χ0v) is 11.2. The maximum absolute atomic E-state index is 11.9. The highest BCUT2D eigenvalue weighted by atomic mass is 16.1. The number of unbranched alkanes of at least 4 members (excludes halogenated alkanes) is 1. The van der Waals surface area contributed by atoms with Crippen molar-refractivity contribution in [3.05, 3.63) is 57.8 Å². The van der Waals surface area contributed by atoms with E-state index in [9.17, 15) is 4.79 Å². The largest absolute Gasteiger partial charge is 0.307 e. The molecule has 0 aliphatic rings. The molecule has 4 heteroatoms. The molecule has 4 nitrogen and oxygen atoms in total. The molecule has 0 amide bonds. The Kier molecular flexibility index (Phi) is 4.84. The second kappa shape index (κ2) is 6.83. The van der Waals surface area contributed by atoms with Crippen molar-refractivity contribution >= 4 is 0 Å². The van der Waals surface area contributed by atoms with Gasteiger partial charge in [0.05, 0.1) is 0 Å². The lowest BCUT2D eigenvalue weighted by atomic mass is 10.1. The molecule has 100 valence electrons. The van der Waals surface area contributed by atoms with E-state index in [-0.39, 0.29) is 5.56 Å². The summed E-state index contributed by atoms with van der Waals surface area (Å²) in [4.78, 5) is 14.7. The SMILES string of the molecule is CCCCc1nnc(CCc2ccccc2)c(=O)[nH]1. The van der Waals surface area contributed by atoms with Crippen molar-refractivity contribution in [3.63, 3.8) is 0 Å². The van der Waals surface area contributed by atoms with Gasteiger partial charge in [-0.25, -0.2) is 0 Å². The predicted octanol–water partition coefficient (Wildman–Crippen LogP) is 2.29. The van der Waals surface area contributed by atoms with Crippen LogP contribution in [0, 0.1) is 0 Å². The summed E-state index contributed by atoms with van der Waals surface area (Å²) in [6.07, 6.45) is 4.33. The van der Waals surface area contributed by atoms with Crippen LogP contribution in [0.3, 0.4) is 0 Å². The van der Waals surface area contributed by atoms with Gasteiger partial charge in [-0.3, -0.25) is 4.79 Å². The Bertz CT molecular complexity index is 563. The highest BCUT2D eigenvalue weighted by Gasteiger charge is 2.05. The molecule has 1 aromatic carbocycles. The third-order valence-electron chi connectivity index (χ3n) is 3.07. The van der Waals surface area contributed by atoms with Gasteiger partial charge in [0, 0.05) is 12.8 Å². The lowest BCUT2D eigenvalue weighted by Gasteiger charge is -2.02. The van der Waals surface area contributed by atoms with E-state index in [1.807, 2.05) is 18.2 Å². The van der Waals surface area contributed by atoms with Gasteiger partial charge in [0.15, 0.2) is 0 Å². The molecular formula is C15H19N3O. The second-order valence-corrected chi connectivity index (χ2v) is 4.64. The molecule has 1 N–H and O–H groups in total. The highest BCUT2D eigenvalue weighted by molar-refractivity contribution is 5.15. The van der Waals surface area contributed by atoms with Crippen LogP contribution in [0.2, 0.25) is 0 Å². The third-order valence-corrected chi connectivity index (χ3v) is 3.07. The van der Waals surface area contributed by atoms with Gasteiger partial charge in [-0.2, -0.15) is 0 Å². The van der Waals surface area contributed by atoms with Gasteiger partial charge < -0.3 is 4.98 Å². The average Bonchev–Trinajstić information content (AvgIpc) is 2.45. The molecule has 1 aromatic heterocycles. The van der Waals surface area contributed by atoms with Crippen molar-refractivity contribution in [1.29, 1.82) is 0 Å². The van der Waals surface area contributed by atoms with E-state index in [0.717, 1.165) is 25.7 Å². The van der Waals surface area contributed by atoms with Crippen molar-refractivity contribution in [2.45, 2.75) is 39.0 Å². The van der Waals surface area contributed by atoms with E-state index < -0.39 is 0 Å². The van der Waals surface area contributed by atoms with E-state index in [4.69, 9.17) is 0 Å². The Morgan fingerprint density at radius 3 is 2.53 bits per heavy atom. The fourth-order valence-electron chi connectivity index (χ4n) is 1.92. The minimum absolute atomic E-state index is 0.1000. The maximum atomic E-state index is 11.9. The van der Waals surface area contributed by atoms with E-state index >= 15 is 0 Å². The van der Waals surface area contributed by atoms with Crippen molar-refractivity contribution in [1.82, 2.24) is 15.2 Å². The third kappa shape index (κ3) is 4.02. The van der Waals surface area contributed by atoms with Crippen molar-refractivity contribution in [2.75, 3.05) is 0 Å². The zero-order valence-electron chi connectivity index (χ0n) is 11.2. The number of nitrogens with one attached hydrogen (secondary N) is 1. The monoisotopic (exact) mass is 257 g/mol. The van der Waals surface area contributed by atoms with Crippen LogP contribution < -0.4 is 5.56 Å². The van der Waals surface area contributed by atoms with Gasteiger partial charge in [-0.15, -0.1) is 10.2 Å². The number of aryl methyl sites for hydroxylation is 3. The number of hydrogen-bond acceptors (Lipinski definition) is 3. The normalized spacial score (nSPS) is 10.6. The number of aromatic amines is 1. The first-order chi connectivity index (χ1) is 9.29. The van der Waals surface area contributed by atoms with Gasteiger partial charge in [0.25, 0.3) is 5.56 Å². The van der Waals surface area contributed by atoms with Crippen molar-refractivity contribution in [3.8, 4) is 0 Å². The van der Waals surface area contributed by atoms with Crippen molar-refractivity contribution in [2.24, 2.45) is 0 Å². The molecule has 2 aromatic rings. The molecule has 2 rings (SSSR count). The first kappa shape index (κ1) is 13.5. The minimum atomic E-state index is -0.1000. The smallest absolute Gasteiger partial charge is 0.272 e. The van der Waals surface area contributed by atoms with Gasteiger partial charge in [-0.05, 0) is 18.4 Å². The number of aromatic nitrogens is 3. The van der Waals surface area contributed by atoms with E-state index in [1.165, 1.54) is 5.56 Å². The average molecular weight is 257 g/mol. The molecule has 0 saturated heterocycles. The molecule has 0 unspecified atom stereocenters. The summed E-state index contributed by atoms with van der Waals surface area (Å²) in [6, 6.07) is 10.1. The molecular weight excluding hydrogens is 238 g/mol. The Balaban J connectivity index is 1.99. The second-order valence-electron chi connectivity index (χ2n) is 4.64. The summed E-state index contributed by atoms with van der Waals surface area (Å²) in [5, 5.41) is 8.14. The van der Waals surface area contributed by atoms with Crippen LogP contribution >= 0.6 is 0 Å². The quantitative estimate of drug-likeness (QED) is 0.863. The molecule has 0 spiro atoms. The number of nitrogens with zero attached hydrogens (tertiary/aromatic N) is 2. The van der Waals surface area contributed by atoms with Crippen LogP contribution in [0.25, 0.3) is 0 Å². The summed E-state index contributed by atoms with van der Waals surface area (Å²) in [5.41, 5.74) is 1.62. The lowest BCUT2D eigenvalue weighted by molar-refractivity contribution is 0.702. The Labute approximate surface area is 112 Å². The number of benzene rings is 1. The maximum Gasteiger partial charge on any atom is 0.272 e. The van der Waals surface area contributed by atoms with Crippen LogP contribution in [0.4, 0.5) is 0 Å². The van der Waals surface area contributed by atoms with E-state index in [0.29, 0.717) is 17.9 Å². The molecule has 0 aliphatic carbocycles. The van der Waals surface area contributed by atoms with Crippen LogP contribution in [0.5, 0.6) is 0 Å². The summed E-state index contributed by atoms with van der Waals surface area (Å²) in [7, 11) is 0. The summed E-state index contributed by atoms with van der Waals surface area (Å²) < 4.78 is 0. The van der Waals surface area contributed by atoms with Crippen LogP contribution in [0.1, 0.15) is 36.8 Å². The van der Waals surface area contributed by atoms with Gasteiger partial charge >= 0.3 is 0 Å². The fourth-order valence-corrected chi connectivity index (χ4v) is 1.92. The highest BCUT2D eigenvalue weighted by Crippen LogP contribution is 2.02. The van der Waals surface area contributed by atoms with Crippen LogP contribution in [-0.4, -0.2) is 15.2 Å². The zero-order chi connectivity index (χ0) is 13.5. The number of H-pyrrole nitrogens is 1. The first-order valence-electron chi connectivity index (χ1n) is 6.78. The molecule has 19 heavy (non-hydrogen) atoms. The van der Waals surface area contributed by atoms with Gasteiger partial charge in [0.1, 0.15) is 11.5 Å². The molecule has 0 bridgehead atoms. The molecule has 0 aliphatic heterocycles. The topological polar surface area (TPSA) is 58.6 Å². The molecule has 0 radical (unpaired) electrons. The standard InChI is InChI=1S/C15H19N3O/c1-2-3-9-14-16-15(19)13(17-18-14)11-10-12-7-5-4-6-8-12/h4-8H,2-3,9-11H2,1H3,(H,16,18,19). The summed E-state index contributed by atoms with van der Waals surface area (Å²) in [5.74, 6) is 0.690. The summed E-state index contributed by atoms with van der Waals surface area (Å²) in [6.45, 7) is 2.11. The molecule has 0 saturated carbocycles. The van der Waals surface area contributed by atoms with Crippen LogP contribution in [-0.2, 0) is 19.3 Å². The molecule has 1 heterocycles. The Morgan fingerprint density at radius 2 is 1.84 bits per heavy atom.